The predicted molar refractivity (Wildman–Crippen MR) is 56.5 cm³/mol. The number of pyridine rings is 1. The highest BCUT2D eigenvalue weighted by atomic mass is 127. The summed E-state index contributed by atoms with van der Waals surface area (Å²) in [5, 5.41) is -0.0367. The van der Waals surface area contributed by atoms with Crippen LogP contribution in [0.15, 0.2) is 6.07 Å². The van der Waals surface area contributed by atoms with Gasteiger partial charge in [-0.1, -0.05) is 11.6 Å². The predicted octanol–water partition coefficient (Wildman–Crippen LogP) is 4.02. The van der Waals surface area contributed by atoms with Gasteiger partial charge in [0.15, 0.2) is 0 Å². The number of hydrogen-bond donors (Lipinski definition) is 0. The Morgan fingerprint density at radius 3 is 2.62 bits per heavy atom. The molecule has 0 bridgehead atoms. The maximum absolute atomic E-state index is 12.3. The fraction of sp³-hybridized carbons (Fsp3) is 0.286. The first kappa shape index (κ1) is 11.4. The molecule has 6 heteroatoms. The molecule has 0 saturated heterocycles. The van der Waals surface area contributed by atoms with Gasteiger partial charge in [0.05, 0.1) is 5.02 Å². The quantitative estimate of drug-likeness (QED) is 0.451. The lowest BCUT2D eigenvalue weighted by molar-refractivity contribution is 0.146. The fourth-order valence-electron chi connectivity index (χ4n) is 0.810. The van der Waals surface area contributed by atoms with E-state index in [9.17, 15) is 8.78 Å². The molecular formula is C7H4Cl2F2IN. The van der Waals surface area contributed by atoms with Crippen LogP contribution < -0.4 is 0 Å². The average molecular weight is 338 g/mol. The molecule has 0 fully saturated rings. The van der Waals surface area contributed by atoms with Crippen LogP contribution in [0.25, 0.3) is 0 Å². The van der Waals surface area contributed by atoms with Gasteiger partial charge in [-0.25, -0.2) is 13.8 Å². The van der Waals surface area contributed by atoms with Crippen LogP contribution in [0.2, 0.25) is 5.02 Å². The molecule has 0 N–H and O–H groups in total. The molecule has 0 aliphatic carbocycles. The number of nitrogens with zero attached hydrogens (tertiary/aromatic N) is 1. The topological polar surface area (TPSA) is 12.9 Å². The van der Waals surface area contributed by atoms with Gasteiger partial charge in [0.1, 0.15) is 9.39 Å². The first-order chi connectivity index (χ1) is 6.06. The molecule has 13 heavy (non-hydrogen) atoms. The normalized spacial score (nSPS) is 10.9. The van der Waals surface area contributed by atoms with Gasteiger partial charge in [-0.3, -0.25) is 0 Å². The fourth-order valence-corrected chi connectivity index (χ4v) is 1.97. The number of aromatic nitrogens is 1. The number of rotatable bonds is 2. The van der Waals surface area contributed by atoms with E-state index in [4.69, 9.17) is 23.2 Å². The van der Waals surface area contributed by atoms with Crippen molar-refractivity contribution in [2.45, 2.75) is 12.3 Å². The van der Waals surface area contributed by atoms with E-state index in [1.165, 1.54) is 0 Å². The van der Waals surface area contributed by atoms with Crippen molar-refractivity contribution in [2.75, 3.05) is 0 Å². The van der Waals surface area contributed by atoms with E-state index >= 15 is 0 Å². The molecule has 1 nitrogen and oxygen atoms in total. The zero-order chi connectivity index (χ0) is 10.0. The second-order valence-corrected chi connectivity index (χ2v) is 3.99. The maximum Gasteiger partial charge on any atom is 0.281 e. The van der Waals surface area contributed by atoms with Crippen molar-refractivity contribution in [1.82, 2.24) is 4.98 Å². The monoisotopic (exact) mass is 337 g/mol. The van der Waals surface area contributed by atoms with Crippen molar-refractivity contribution in [2.24, 2.45) is 0 Å². The van der Waals surface area contributed by atoms with E-state index in [0.29, 0.717) is 9.26 Å². The van der Waals surface area contributed by atoms with Crippen molar-refractivity contribution in [3.63, 3.8) is 0 Å². The molecule has 72 valence electrons. The Balaban J connectivity index is 3.27. The maximum atomic E-state index is 12.3. The molecule has 1 aromatic rings. The van der Waals surface area contributed by atoms with E-state index in [0.717, 1.165) is 0 Å². The standard InChI is InChI=1S/C7H4Cl2F2IN/c8-2-3-1-4(12)13-6(5(3)9)7(10)11/h1,7H,2H2. The molecule has 0 spiro atoms. The van der Waals surface area contributed by atoms with E-state index in [2.05, 4.69) is 4.98 Å². The molecule has 0 radical (unpaired) electrons. The summed E-state index contributed by atoms with van der Waals surface area (Å²) >= 11 is 13.0. The number of alkyl halides is 3. The Kier molecular flexibility index (Phi) is 4.12. The van der Waals surface area contributed by atoms with E-state index < -0.39 is 12.1 Å². The minimum atomic E-state index is -2.66. The lowest BCUT2D eigenvalue weighted by Gasteiger charge is -2.06. The van der Waals surface area contributed by atoms with Gasteiger partial charge in [0.25, 0.3) is 6.43 Å². The van der Waals surface area contributed by atoms with E-state index in [1.54, 1.807) is 6.07 Å². The summed E-state index contributed by atoms with van der Waals surface area (Å²) in [6.45, 7) is 0. The van der Waals surface area contributed by atoms with Gasteiger partial charge in [-0.2, -0.15) is 0 Å². The van der Waals surface area contributed by atoms with E-state index in [1.807, 2.05) is 22.6 Å². The third kappa shape index (κ3) is 2.63. The van der Waals surface area contributed by atoms with Gasteiger partial charge in [0, 0.05) is 5.88 Å². The zero-order valence-electron chi connectivity index (χ0n) is 6.20. The summed E-state index contributed by atoms with van der Waals surface area (Å²) in [4.78, 5) is 3.63. The molecule has 0 aliphatic heterocycles. The van der Waals surface area contributed by atoms with Crippen LogP contribution in [0.4, 0.5) is 8.78 Å². The summed E-state index contributed by atoms with van der Waals surface area (Å²) in [6, 6.07) is 1.59. The summed E-state index contributed by atoms with van der Waals surface area (Å²) in [6.07, 6.45) is -2.66. The minimum Gasteiger partial charge on any atom is -0.239 e. The lowest BCUT2D eigenvalue weighted by Crippen LogP contribution is -1.97. The summed E-state index contributed by atoms with van der Waals surface area (Å²) in [7, 11) is 0. The Hall–Kier alpha value is 0.320. The van der Waals surface area contributed by atoms with Gasteiger partial charge < -0.3 is 0 Å². The van der Waals surface area contributed by atoms with Crippen LogP contribution in [-0.2, 0) is 5.88 Å². The summed E-state index contributed by atoms with van der Waals surface area (Å²) < 4.78 is 25.1. The van der Waals surface area contributed by atoms with Crippen LogP contribution in [0.3, 0.4) is 0 Å². The second kappa shape index (κ2) is 4.70. The Labute approximate surface area is 97.6 Å². The molecule has 1 heterocycles. The van der Waals surface area contributed by atoms with Gasteiger partial charge in [-0.15, -0.1) is 11.6 Å². The average Bonchev–Trinajstić information content (AvgIpc) is 2.08. The van der Waals surface area contributed by atoms with E-state index in [-0.39, 0.29) is 10.9 Å². The summed E-state index contributed by atoms with van der Waals surface area (Å²) in [5.41, 5.74) is 0.0854. The van der Waals surface area contributed by atoms with Crippen molar-refractivity contribution >= 4 is 45.8 Å². The lowest BCUT2D eigenvalue weighted by atomic mass is 10.2. The van der Waals surface area contributed by atoms with Crippen LogP contribution in [0.5, 0.6) is 0 Å². The summed E-state index contributed by atoms with van der Waals surface area (Å²) in [5.74, 6) is 0.108. The third-order valence-corrected chi connectivity index (χ3v) is 2.65. The van der Waals surface area contributed by atoms with Crippen molar-refractivity contribution in [3.8, 4) is 0 Å². The largest absolute Gasteiger partial charge is 0.281 e. The van der Waals surface area contributed by atoms with Gasteiger partial charge in [0.2, 0.25) is 0 Å². The highest BCUT2D eigenvalue weighted by molar-refractivity contribution is 14.1. The first-order valence-electron chi connectivity index (χ1n) is 3.25. The number of hydrogen-bond acceptors (Lipinski definition) is 1. The molecule has 1 rings (SSSR count). The van der Waals surface area contributed by atoms with Crippen LogP contribution >= 0.6 is 45.8 Å². The highest BCUT2D eigenvalue weighted by Gasteiger charge is 2.17. The number of halogens is 5. The first-order valence-corrected chi connectivity index (χ1v) is 5.24. The molecule has 0 unspecified atom stereocenters. The Bertz CT molecular complexity index is 320. The smallest absolute Gasteiger partial charge is 0.239 e. The van der Waals surface area contributed by atoms with Crippen molar-refractivity contribution < 1.29 is 8.78 Å². The zero-order valence-corrected chi connectivity index (χ0v) is 9.87. The van der Waals surface area contributed by atoms with Crippen molar-refractivity contribution in [1.29, 1.82) is 0 Å². The molecular weight excluding hydrogens is 334 g/mol. The SMILES string of the molecule is FC(F)c1nc(I)cc(CCl)c1Cl. The van der Waals surface area contributed by atoms with Gasteiger partial charge >= 0.3 is 0 Å². The van der Waals surface area contributed by atoms with Crippen LogP contribution in [-0.4, -0.2) is 4.98 Å². The van der Waals surface area contributed by atoms with Crippen LogP contribution in [0.1, 0.15) is 17.7 Å². The molecule has 1 aromatic heterocycles. The third-order valence-electron chi connectivity index (χ3n) is 1.38. The molecule has 0 aliphatic rings. The molecule has 0 atom stereocenters. The Morgan fingerprint density at radius 1 is 1.54 bits per heavy atom. The van der Waals surface area contributed by atoms with Crippen molar-refractivity contribution in [3.05, 3.63) is 26.0 Å². The van der Waals surface area contributed by atoms with Gasteiger partial charge in [-0.05, 0) is 34.2 Å². The van der Waals surface area contributed by atoms with Crippen LogP contribution in [0, 0.1) is 3.70 Å². The Morgan fingerprint density at radius 2 is 2.15 bits per heavy atom. The molecule has 0 aromatic carbocycles. The minimum absolute atomic E-state index is 0.0367. The molecule has 0 amide bonds. The molecule has 0 saturated carbocycles. The second-order valence-electron chi connectivity index (χ2n) is 2.24. The highest BCUT2D eigenvalue weighted by Crippen LogP contribution is 2.29.